The van der Waals surface area contributed by atoms with Crippen LogP contribution < -0.4 is 4.57 Å². The third-order valence-corrected chi connectivity index (χ3v) is 5.28. The monoisotopic (exact) mass is 349 g/mol. The molecule has 2 heteroatoms. The maximum Gasteiger partial charge on any atom is 0.243 e. The molecule has 1 heterocycles. The van der Waals surface area contributed by atoms with Crippen LogP contribution in [0.4, 0.5) is 0 Å². The van der Waals surface area contributed by atoms with Gasteiger partial charge in [0.2, 0.25) is 6.33 Å². The highest BCUT2D eigenvalue weighted by atomic mass is 15.1. The number of nitrogens with zero attached hydrogens (tertiary/aromatic N) is 2. The van der Waals surface area contributed by atoms with Crippen LogP contribution in [0.3, 0.4) is 0 Å². The molecule has 0 amide bonds. The van der Waals surface area contributed by atoms with Crippen LogP contribution in [0.2, 0.25) is 0 Å². The minimum absolute atomic E-state index is 1.20. The fourth-order valence-corrected chi connectivity index (χ4v) is 3.55. The van der Waals surface area contributed by atoms with Crippen LogP contribution in [0, 0.1) is 0 Å². The average Bonchev–Trinajstić information content (AvgIpc) is 3.01. The third-order valence-electron chi connectivity index (χ3n) is 5.28. The molecule has 0 unspecified atom stereocenters. The lowest BCUT2D eigenvalue weighted by molar-refractivity contribution is -0.697. The van der Waals surface area contributed by atoms with Crippen molar-refractivity contribution in [2.75, 3.05) is 0 Å². The van der Waals surface area contributed by atoms with Crippen LogP contribution in [-0.4, -0.2) is 4.57 Å². The molecular formula is C23H45N2+. The number of aryl methyl sites for hydroxylation is 3. The summed E-state index contributed by atoms with van der Waals surface area (Å²) >= 11 is 0. The number of imidazole rings is 1. The number of hydrogen-bond acceptors (Lipinski definition) is 0. The highest BCUT2D eigenvalue weighted by molar-refractivity contribution is 4.94. The van der Waals surface area contributed by atoms with Crippen molar-refractivity contribution in [3.05, 3.63) is 18.2 Å². The summed E-state index contributed by atoms with van der Waals surface area (Å²) in [5, 5.41) is 0. The Labute approximate surface area is 158 Å². The van der Waals surface area contributed by atoms with E-state index in [1.54, 1.807) is 5.69 Å². The Morgan fingerprint density at radius 2 is 1.24 bits per heavy atom. The van der Waals surface area contributed by atoms with E-state index >= 15 is 0 Å². The third kappa shape index (κ3) is 10.7. The van der Waals surface area contributed by atoms with Gasteiger partial charge in [-0.2, -0.15) is 0 Å². The Bertz CT molecular complexity index is 383. The fraction of sp³-hybridized carbons (Fsp3) is 0.870. The molecule has 0 aliphatic heterocycles. The molecule has 25 heavy (non-hydrogen) atoms. The highest BCUT2D eigenvalue weighted by Crippen LogP contribution is 2.11. The summed E-state index contributed by atoms with van der Waals surface area (Å²) in [6.45, 7) is 9.27. The Balaban J connectivity index is 2.17. The van der Waals surface area contributed by atoms with Crippen molar-refractivity contribution in [1.29, 1.82) is 0 Å². The van der Waals surface area contributed by atoms with Gasteiger partial charge in [-0.05, 0) is 25.7 Å². The molecule has 0 aliphatic rings. The van der Waals surface area contributed by atoms with E-state index in [1.165, 1.54) is 109 Å². The smallest absolute Gasteiger partial charge is 0.237 e. The largest absolute Gasteiger partial charge is 0.243 e. The van der Waals surface area contributed by atoms with Crippen molar-refractivity contribution in [3.63, 3.8) is 0 Å². The zero-order chi connectivity index (χ0) is 18.2. The molecule has 0 aliphatic carbocycles. The molecule has 2 nitrogen and oxygen atoms in total. The summed E-state index contributed by atoms with van der Waals surface area (Å²) in [4.78, 5) is 0. The van der Waals surface area contributed by atoms with Gasteiger partial charge in [0.1, 0.15) is 11.9 Å². The van der Waals surface area contributed by atoms with Crippen LogP contribution in [-0.2, 0) is 19.5 Å². The standard InChI is InChI=1S/C23H45N2/c1-4-7-10-11-12-13-14-15-16-17-19-24-21-23(18-8-5-2)25(22-24)20-9-6-3/h21-22H,4-20H2,1-3H3/q+1. The second kappa shape index (κ2) is 15.5. The Morgan fingerprint density at radius 1 is 0.680 bits per heavy atom. The van der Waals surface area contributed by atoms with Gasteiger partial charge >= 0.3 is 0 Å². The molecule has 1 rings (SSSR count). The lowest BCUT2D eigenvalue weighted by Crippen LogP contribution is -2.31. The molecule has 0 aromatic carbocycles. The molecule has 0 bridgehead atoms. The summed E-state index contributed by atoms with van der Waals surface area (Å²) in [5.74, 6) is 0. The maximum absolute atomic E-state index is 2.51. The van der Waals surface area contributed by atoms with Crippen molar-refractivity contribution in [1.82, 2.24) is 4.57 Å². The predicted octanol–water partition coefficient (Wildman–Crippen LogP) is 6.84. The van der Waals surface area contributed by atoms with Gasteiger partial charge in [0.15, 0.2) is 0 Å². The van der Waals surface area contributed by atoms with E-state index in [9.17, 15) is 0 Å². The molecule has 0 spiro atoms. The summed E-state index contributed by atoms with van der Waals surface area (Å²) in [7, 11) is 0. The quantitative estimate of drug-likeness (QED) is 0.215. The molecule has 0 N–H and O–H groups in total. The lowest BCUT2D eigenvalue weighted by Gasteiger charge is -2.01. The second-order valence-corrected chi connectivity index (χ2v) is 7.81. The predicted molar refractivity (Wildman–Crippen MR) is 110 cm³/mol. The summed E-state index contributed by atoms with van der Waals surface area (Å²) in [6, 6.07) is 0. The SMILES string of the molecule is CCCCCCCCCCCC[n+]1cc(CCCC)n(CCCC)c1. The average molecular weight is 350 g/mol. The van der Waals surface area contributed by atoms with Gasteiger partial charge in [0.25, 0.3) is 0 Å². The minimum Gasteiger partial charge on any atom is -0.237 e. The Kier molecular flexibility index (Phi) is 13.8. The minimum atomic E-state index is 1.20. The highest BCUT2D eigenvalue weighted by Gasteiger charge is 2.12. The molecule has 0 radical (unpaired) electrons. The fourth-order valence-electron chi connectivity index (χ4n) is 3.55. The van der Waals surface area contributed by atoms with Crippen molar-refractivity contribution >= 4 is 0 Å². The first-order valence-electron chi connectivity index (χ1n) is 11.4. The summed E-state index contributed by atoms with van der Waals surface area (Å²) in [5.41, 5.74) is 1.54. The Hall–Kier alpha value is -0.790. The van der Waals surface area contributed by atoms with Gasteiger partial charge in [-0.15, -0.1) is 0 Å². The van der Waals surface area contributed by atoms with E-state index in [1.807, 2.05) is 0 Å². The zero-order valence-electron chi connectivity index (χ0n) is 17.6. The van der Waals surface area contributed by atoms with Crippen LogP contribution in [0.15, 0.2) is 12.5 Å². The number of hydrogen-bond donors (Lipinski definition) is 0. The van der Waals surface area contributed by atoms with Crippen LogP contribution in [0.1, 0.15) is 116 Å². The van der Waals surface area contributed by atoms with Gasteiger partial charge in [-0.3, -0.25) is 0 Å². The second-order valence-electron chi connectivity index (χ2n) is 7.81. The Morgan fingerprint density at radius 3 is 1.84 bits per heavy atom. The first-order chi connectivity index (χ1) is 12.3. The van der Waals surface area contributed by atoms with Gasteiger partial charge in [-0.25, -0.2) is 9.13 Å². The topological polar surface area (TPSA) is 8.81 Å². The first-order valence-corrected chi connectivity index (χ1v) is 11.4. The molecule has 0 atom stereocenters. The van der Waals surface area contributed by atoms with Crippen LogP contribution in [0.5, 0.6) is 0 Å². The normalized spacial score (nSPS) is 11.3. The molecular weight excluding hydrogens is 304 g/mol. The lowest BCUT2D eigenvalue weighted by atomic mass is 10.1. The first kappa shape index (κ1) is 22.3. The molecule has 0 fully saturated rings. The molecule has 146 valence electrons. The molecule has 0 saturated heterocycles. The number of unbranched alkanes of at least 4 members (excludes halogenated alkanes) is 11. The molecule has 1 aromatic rings. The van der Waals surface area contributed by atoms with Crippen molar-refractivity contribution in [2.45, 2.75) is 130 Å². The van der Waals surface area contributed by atoms with Gasteiger partial charge in [0.05, 0.1) is 13.1 Å². The van der Waals surface area contributed by atoms with Crippen molar-refractivity contribution in [3.8, 4) is 0 Å². The van der Waals surface area contributed by atoms with Gasteiger partial charge < -0.3 is 0 Å². The van der Waals surface area contributed by atoms with E-state index in [4.69, 9.17) is 0 Å². The maximum atomic E-state index is 2.51. The molecule has 1 aromatic heterocycles. The zero-order valence-corrected chi connectivity index (χ0v) is 17.6. The molecule has 0 saturated carbocycles. The van der Waals surface area contributed by atoms with E-state index in [0.717, 1.165) is 0 Å². The number of aromatic nitrogens is 2. The van der Waals surface area contributed by atoms with Gasteiger partial charge in [-0.1, -0.05) is 85.0 Å². The van der Waals surface area contributed by atoms with E-state index in [-0.39, 0.29) is 0 Å². The number of rotatable bonds is 17. The van der Waals surface area contributed by atoms with Crippen LogP contribution >= 0.6 is 0 Å². The van der Waals surface area contributed by atoms with E-state index < -0.39 is 0 Å². The van der Waals surface area contributed by atoms with E-state index in [2.05, 4.69) is 42.4 Å². The van der Waals surface area contributed by atoms with Crippen LogP contribution in [0.25, 0.3) is 0 Å². The van der Waals surface area contributed by atoms with Crippen molar-refractivity contribution in [2.24, 2.45) is 0 Å². The van der Waals surface area contributed by atoms with Crippen molar-refractivity contribution < 1.29 is 4.57 Å². The van der Waals surface area contributed by atoms with Gasteiger partial charge in [0, 0.05) is 6.42 Å². The summed E-state index contributed by atoms with van der Waals surface area (Å²) in [6.07, 6.45) is 25.4. The summed E-state index contributed by atoms with van der Waals surface area (Å²) < 4.78 is 4.96. The van der Waals surface area contributed by atoms with E-state index in [0.29, 0.717) is 0 Å².